The van der Waals surface area contributed by atoms with Crippen LogP contribution < -0.4 is 0 Å². The van der Waals surface area contributed by atoms with Gasteiger partial charge in [-0.3, -0.25) is 4.79 Å². The van der Waals surface area contributed by atoms with Crippen molar-refractivity contribution >= 4 is 6.29 Å². The van der Waals surface area contributed by atoms with Crippen LogP contribution in [0, 0.1) is 5.82 Å². The molecule has 0 bridgehead atoms. The third-order valence-corrected chi connectivity index (χ3v) is 1.79. The Morgan fingerprint density at radius 2 is 2.29 bits per heavy atom. The van der Waals surface area contributed by atoms with Gasteiger partial charge in [0.05, 0.1) is 18.1 Å². The summed E-state index contributed by atoms with van der Waals surface area (Å²) in [7, 11) is 0. The van der Waals surface area contributed by atoms with E-state index in [0.29, 0.717) is 12.0 Å². The van der Waals surface area contributed by atoms with Crippen LogP contribution in [-0.4, -0.2) is 21.3 Å². The SMILES string of the molecule is O=Cc1cc(F)ccc1-n1ccnn1. The Morgan fingerprint density at radius 3 is 2.93 bits per heavy atom. The maximum Gasteiger partial charge on any atom is 0.152 e. The molecule has 0 amide bonds. The molecule has 4 nitrogen and oxygen atoms in total. The van der Waals surface area contributed by atoms with Crippen molar-refractivity contribution in [3.8, 4) is 5.69 Å². The van der Waals surface area contributed by atoms with Gasteiger partial charge in [-0.25, -0.2) is 9.07 Å². The Balaban J connectivity index is 2.58. The molecule has 0 radical (unpaired) electrons. The van der Waals surface area contributed by atoms with Crippen molar-refractivity contribution in [1.82, 2.24) is 15.0 Å². The van der Waals surface area contributed by atoms with E-state index in [4.69, 9.17) is 0 Å². The predicted molar refractivity (Wildman–Crippen MR) is 46.7 cm³/mol. The van der Waals surface area contributed by atoms with E-state index in [1.54, 1.807) is 6.20 Å². The van der Waals surface area contributed by atoms with E-state index < -0.39 is 5.82 Å². The van der Waals surface area contributed by atoms with Gasteiger partial charge in [0.2, 0.25) is 0 Å². The Morgan fingerprint density at radius 1 is 1.43 bits per heavy atom. The number of nitrogens with zero attached hydrogens (tertiary/aromatic N) is 3. The first-order valence-corrected chi connectivity index (χ1v) is 3.92. The van der Waals surface area contributed by atoms with Gasteiger partial charge in [0.15, 0.2) is 6.29 Å². The molecule has 0 saturated heterocycles. The molecule has 0 spiro atoms. The molecule has 1 aromatic carbocycles. The smallest absolute Gasteiger partial charge is 0.152 e. The van der Waals surface area contributed by atoms with Crippen molar-refractivity contribution in [3.05, 3.63) is 42.0 Å². The zero-order valence-corrected chi connectivity index (χ0v) is 7.09. The average Bonchev–Trinajstić information content (AvgIpc) is 2.70. The lowest BCUT2D eigenvalue weighted by atomic mass is 10.2. The van der Waals surface area contributed by atoms with E-state index >= 15 is 0 Å². The summed E-state index contributed by atoms with van der Waals surface area (Å²) in [6, 6.07) is 3.90. The molecule has 0 fully saturated rings. The van der Waals surface area contributed by atoms with Gasteiger partial charge in [-0.1, -0.05) is 5.21 Å². The topological polar surface area (TPSA) is 47.8 Å². The van der Waals surface area contributed by atoms with Crippen molar-refractivity contribution in [2.24, 2.45) is 0 Å². The second-order valence-corrected chi connectivity index (χ2v) is 2.67. The highest BCUT2D eigenvalue weighted by Crippen LogP contribution is 2.12. The Kier molecular flexibility index (Phi) is 2.06. The summed E-state index contributed by atoms with van der Waals surface area (Å²) < 4.78 is 14.2. The zero-order chi connectivity index (χ0) is 9.97. The van der Waals surface area contributed by atoms with E-state index in [0.717, 1.165) is 6.07 Å². The van der Waals surface area contributed by atoms with E-state index in [1.807, 2.05) is 0 Å². The van der Waals surface area contributed by atoms with Gasteiger partial charge in [-0.15, -0.1) is 5.10 Å². The zero-order valence-electron chi connectivity index (χ0n) is 7.09. The van der Waals surface area contributed by atoms with E-state index in [-0.39, 0.29) is 5.56 Å². The van der Waals surface area contributed by atoms with E-state index in [9.17, 15) is 9.18 Å². The first kappa shape index (κ1) is 8.55. The second-order valence-electron chi connectivity index (χ2n) is 2.67. The van der Waals surface area contributed by atoms with Gasteiger partial charge < -0.3 is 0 Å². The summed E-state index contributed by atoms with van der Waals surface area (Å²) in [4.78, 5) is 10.6. The molecule has 0 aliphatic heterocycles. The predicted octanol–water partition coefficient (Wildman–Crippen LogP) is 1.22. The summed E-state index contributed by atoms with van der Waals surface area (Å²) in [6.07, 6.45) is 3.65. The number of halogens is 1. The maximum atomic E-state index is 12.8. The average molecular weight is 191 g/mol. The van der Waals surface area contributed by atoms with Crippen molar-refractivity contribution in [3.63, 3.8) is 0 Å². The molecule has 0 aliphatic rings. The van der Waals surface area contributed by atoms with Gasteiger partial charge in [-0.2, -0.15) is 0 Å². The minimum absolute atomic E-state index is 0.246. The molecule has 70 valence electrons. The van der Waals surface area contributed by atoms with Crippen molar-refractivity contribution in [1.29, 1.82) is 0 Å². The summed E-state index contributed by atoms with van der Waals surface area (Å²) >= 11 is 0. The van der Waals surface area contributed by atoms with Crippen molar-refractivity contribution < 1.29 is 9.18 Å². The van der Waals surface area contributed by atoms with Crippen molar-refractivity contribution in [2.45, 2.75) is 0 Å². The van der Waals surface area contributed by atoms with Gasteiger partial charge in [0.1, 0.15) is 5.82 Å². The monoisotopic (exact) mass is 191 g/mol. The van der Waals surface area contributed by atoms with Crippen LogP contribution in [0.2, 0.25) is 0 Å². The molecule has 0 atom stereocenters. The van der Waals surface area contributed by atoms with Gasteiger partial charge in [0.25, 0.3) is 0 Å². The summed E-state index contributed by atoms with van der Waals surface area (Å²) in [5, 5.41) is 7.31. The van der Waals surface area contributed by atoms with Crippen LogP contribution in [0.25, 0.3) is 5.69 Å². The molecule has 0 N–H and O–H groups in total. The maximum absolute atomic E-state index is 12.8. The molecule has 2 rings (SSSR count). The lowest BCUT2D eigenvalue weighted by Crippen LogP contribution is -2.00. The first-order chi connectivity index (χ1) is 6.81. The van der Waals surface area contributed by atoms with Crippen LogP contribution in [-0.2, 0) is 0 Å². The normalized spacial score (nSPS) is 10.1. The lowest BCUT2D eigenvalue weighted by Gasteiger charge is -2.02. The molecule has 5 heteroatoms. The largest absolute Gasteiger partial charge is 0.298 e. The molecule has 0 saturated carbocycles. The molecular formula is C9H6FN3O. The number of hydrogen-bond donors (Lipinski definition) is 0. The van der Waals surface area contributed by atoms with Crippen LogP contribution >= 0.6 is 0 Å². The van der Waals surface area contributed by atoms with Crippen LogP contribution in [0.1, 0.15) is 10.4 Å². The summed E-state index contributed by atoms with van der Waals surface area (Å²) in [6.45, 7) is 0. The fourth-order valence-electron chi connectivity index (χ4n) is 1.17. The second kappa shape index (κ2) is 3.37. The Labute approximate surface area is 79.0 Å². The van der Waals surface area contributed by atoms with Crippen LogP contribution in [0.3, 0.4) is 0 Å². The molecular weight excluding hydrogens is 185 g/mol. The lowest BCUT2D eigenvalue weighted by molar-refractivity contribution is 0.112. The van der Waals surface area contributed by atoms with Crippen LogP contribution in [0.4, 0.5) is 4.39 Å². The number of rotatable bonds is 2. The highest BCUT2D eigenvalue weighted by atomic mass is 19.1. The van der Waals surface area contributed by atoms with Gasteiger partial charge in [-0.05, 0) is 18.2 Å². The summed E-state index contributed by atoms with van der Waals surface area (Å²) in [5.41, 5.74) is 0.759. The third-order valence-electron chi connectivity index (χ3n) is 1.79. The highest BCUT2D eigenvalue weighted by molar-refractivity contribution is 5.80. The first-order valence-electron chi connectivity index (χ1n) is 3.92. The standard InChI is InChI=1S/C9H6FN3O/c10-8-1-2-9(7(5-8)6-14)13-4-3-11-12-13/h1-6H. The number of hydrogen-bond acceptors (Lipinski definition) is 3. The number of carbonyl (C=O) groups excluding carboxylic acids is 1. The molecule has 1 heterocycles. The van der Waals surface area contributed by atoms with Gasteiger partial charge in [0, 0.05) is 5.56 Å². The van der Waals surface area contributed by atoms with Crippen LogP contribution in [0.15, 0.2) is 30.6 Å². The van der Waals surface area contributed by atoms with Crippen LogP contribution in [0.5, 0.6) is 0 Å². The Bertz CT molecular complexity index is 453. The van der Waals surface area contributed by atoms with E-state index in [2.05, 4.69) is 10.3 Å². The fraction of sp³-hybridized carbons (Fsp3) is 0. The molecule has 14 heavy (non-hydrogen) atoms. The molecule has 1 aromatic heterocycles. The fourth-order valence-corrected chi connectivity index (χ4v) is 1.17. The third kappa shape index (κ3) is 1.39. The number of aromatic nitrogens is 3. The minimum Gasteiger partial charge on any atom is -0.298 e. The molecule has 0 unspecified atom stereocenters. The quantitative estimate of drug-likeness (QED) is 0.670. The highest BCUT2D eigenvalue weighted by Gasteiger charge is 2.05. The van der Waals surface area contributed by atoms with E-state index in [1.165, 1.54) is 23.0 Å². The molecule has 0 aliphatic carbocycles. The molecule has 2 aromatic rings. The van der Waals surface area contributed by atoms with Gasteiger partial charge >= 0.3 is 0 Å². The number of benzene rings is 1. The minimum atomic E-state index is -0.448. The van der Waals surface area contributed by atoms with Crippen molar-refractivity contribution in [2.75, 3.05) is 0 Å². The summed E-state index contributed by atoms with van der Waals surface area (Å²) in [5.74, 6) is -0.448. The number of aldehydes is 1. The Hall–Kier alpha value is -2.04. The number of carbonyl (C=O) groups is 1.